The summed E-state index contributed by atoms with van der Waals surface area (Å²) in [5.74, 6) is 2.17. The van der Waals surface area contributed by atoms with Crippen LogP contribution in [0.2, 0.25) is 5.02 Å². The Bertz CT molecular complexity index is 1370. The Labute approximate surface area is 289 Å². The summed E-state index contributed by atoms with van der Waals surface area (Å²) in [6.07, 6.45) is 8.14. The smallest absolute Gasteiger partial charge is 0.263 e. The number of rotatable bonds is 4. The van der Waals surface area contributed by atoms with E-state index in [1.54, 1.807) is 6.07 Å². The first-order chi connectivity index (χ1) is 22.8. The van der Waals surface area contributed by atoms with Gasteiger partial charge >= 0.3 is 0 Å². The predicted octanol–water partition coefficient (Wildman–Crippen LogP) is 6.86. The number of carbonyl (C=O) groups is 1. The van der Waals surface area contributed by atoms with Gasteiger partial charge in [0.2, 0.25) is 0 Å². The van der Waals surface area contributed by atoms with E-state index in [9.17, 15) is 9.00 Å². The summed E-state index contributed by atoms with van der Waals surface area (Å²) in [5, 5.41) is 0.606. The Balaban J connectivity index is 0.00000213. The van der Waals surface area contributed by atoms with Gasteiger partial charge in [-0.1, -0.05) is 44.4 Å². The van der Waals surface area contributed by atoms with E-state index in [2.05, 4.69) is 41.3 Å². The van der Waals surface area contributed by atoms with Crippen molar-refractivity contribution in [3.63, 3.8) is 0 Å². The third kappa shape index (κ3) is 8.53. The number of anilines is 1. The van der Waals surface area contributed by atoms with Crippen molar-refractivity contribution in [1.29, 1.82) is 0 Å². The highest BCUT2D eigenvalue weighted by molar-refractivity contribution is 7.84. The van der Waals surface area contributed by atoms with Crippen molar-refractivity contribution in [1.82, 2.24) is 4.72 Å². The van der Waals surface area contributed by atoms with Crippen LogP contribution in [0.25, 0.3) is 0 Å². The molecule has 7 unspecified atom stereocenters. The lowest BCUT2D eigenvalue weighted by Gasteiger charge is -2.47. The number of fused-ring (bicyclic) bond motifs is 2. The van der Waals surface area contributed by atoms with E-state index >= 15 is 0 Å². The Morgan fingerprint density at radius 3 is 2.49 bits per heavy atom. The summed E-state index contributed by atoms with van der Waals surface area (Å²) in [6, 6.07) is 11.9. The minimum Gasteiger partial charge on any atom is -0.491 e. The molecule has 0 spiro atoms. The van der Waals surface area contributed by atoms with Crippen LogP contribution in [-0.4, -0.2) is 61.6 Å². The van der Waals surface area contributed by atoms with E-state index < -0.39 is 11.0 Å². The summed E-state index contributed by atoms with van der Waals surface area (Å²) in [4.78, 5) is 15.9. The van der Waals surface area contributed by atoms with Gasteiger partial charge in [0.05, 0.1) is 30.8 Å². The van der Waals surface area contributed by atoms with E-state index in [4.69, 9.17) is 25.8 Å². The van der Waals surface area contributed by atoms with Gasteiger partial charge < -0.3 is 24.8 Å². The van der Waals surface area contributed by atoms with E-state index in [1.807, 2.05) is 25.1 Å². The van der Waals surface area contributed by atoms with Gasteiger partial charge in [0.1, 0.15) is 16.7 Å². The standard InChI is InChI=1S/C36H49ClN2O5S.CH5N/c1-4-7-25-18-29(37)12-14-30(25)28-21-39-20-27-10-13-31(27)32(36-42-16-6-17-43-36)9-5-8-23(2)24(3)45(41)38-35(40)26-11-15-34(44-22-28)33(39)19-26;1-2/h11-12,14-15,18-19,23-24,27-28,31-32,36H,4-10,13,16-17,20-22H2,1-3H3,(H,38,40);2H2,1H3. The molecule has 6 rings (SSSR count). The van der Waals surface area contributed by atoms with Crippen molar-refractivity contribution in [2.45, 2.75) is 89.6 Å². The molecule has 2 fully saturated rings. The molecule has 2 bridgehead atoms. The maximum atomic E-state index is 13.4. The van der Waals surface area contributed by atoms with Gasteiger partial charge in [0, 0.05) is 35.5 Å². The first-order valence-corrected chi connectivity index (χ1v) is 19.2. The fourth-order valence-corrected chi connectivity index (χ4v) is 9.03. The Kier molecular flexibility index (Phi) is 13.0. The molecule has 7 atom stereocenters. The number of amides is 1. The first kappa shape index (κ1) is 36.1. The molecule has 10 heteroatoms. The van der Waals surface area contributed by atoms with Gasteiger partial charge in [-0.15, -0.1) is 0 Å². The largest absolute Gasteiger partial charge is 0.491 e. The minimum atomic E-state index is -1.49. The summed E-state index contributed by atoms with van der Waals surface area (Å²) >= 11 is 6.45. The zero-order valence-electron chi connectivity index (χ0n) is 28.5. The highest BCUT2D eigenvalue weighted by Crippen LogP contribution is 2.47. The number of carbonyl (C=O) groups excluding carboxylic acids is 1. The molecule has 3 N–H and O–H groups in total. The van der Waals surface area contributed by atoms with Crippen LogP contribution in [-0.2, 0) is 26.9 Å². The zero-order valence-corrected chi connectivity index (χ0v) is 30.1. The monoisotopic (exact) mass is 687 g/mol. The normalized spacial score (nSPS) is 30.4. The van der Waals surface area contributed by atoms with Gasteiger partial charge in [0.15, 0.2) is 6.29 Å². The van der Waals surface area contributed by atoms with Crippen LogP contribution in [0.3, 0.4) is 0 Å². The van der Waals surface area contributed by atoms with Crippen molar-refractivity contribution >= 4 is 34.2 Å². The number of aryl methyl sites for hydroxylation is 1. The molecular weight excluding hydrogens is 634 g/mol. The van der Waals surface area contributed by atoms with Crippen LogP contribution in [0.1, 0.15) is 93.1 Å². The van der Waals surface area contributed by atoms with E-state index in [0.717, 1.165) is 81.3 Å². The van der Waals surface area contributed by atoms with Crippen LogP contribution >= 0.6 is 11.6 Å². The van der Waals surface area contributed by atoms with Crippen LogP contribution in [0, 0.1) is 23.7 Å². The SMILES string of the molecule is CCCc1cc(Cl)ccc1C1COc2ccc3cc2N(C1)CC1CCC1C(C1OCCCO1)CCCC(C)C(C)S(=O)NC3=O.CN. The molecule has 8 nitrogen and oxygen atoms in total. The fourth-order valence-electron chi connectivity index (χ4n) is 7.79. The fraction of sp³-hybridized carbons (Fsp3) is 0.649. The van der Waals surface area contributed by atoms with Crippen LogP contribution in [0.15, 0.2) is 36.4 Å². The molecule has 1 saturated heterocycles. The maximum Gasteiger partial charge on any atom is 0.263 e. The maximum absolute atomic E-state index is 13.4. The van der Waals surface area contributed by atoms with Gasteiger partial charge in [-0.25, -0.2) is 4.21 Å². The lowest BCUT2D eigenvalue weighted by Crippen LogP contribution is -2.47. The molecule has 0 radical (unpaired) electrons. The summed E-state index contributed by atoms with van der Waals surface area (Å²) in [6.45, 7) is 10.0. The molecular formula is C37H54ClN3O5S. The van der Waals surface area contributed by atoms with Crippen molar-refractivity contribution in [3.05, 3.63) is 58.1 Å². The quantitative estimate of drug-likeness (QED) is 0.362. The number of benzene rings is 2. The molecule has 3 heterocycles. The Morgan fingerprint density at radius 2 is 1.77 bits per heavy atom. The summed E-state index contributed by atoms with van der Waals surface area (Å²) in [5.41, 5.74) is 8.50. The lowest BCUT2D eigenvalue weighted by atomic mass is 9.65. The van der Waals surface area contributed by atoms with Crippen LogP contribution in [0.5, 0.6) is 5.75 Å². The molecule has 4 aliphatic rings. The van der Waals surface area contributed by atoms with Crippen molar-refractivity contribution < 1.29 is 23.2 Å². The number of nitrogens with two attached hydrogens (primary N) is 1. The molecule has 260 valence electrons. The molecule has 1 saturated carbocycles. The number of hydrogen-bond donors (Lipinski definition) is 2. The predicted molar refractivity (Wildman–Crippen MR) is 191 cm³/mol. The first-order valence-electron chi connectivity index (χ1n) is 17.6. The molecule has 0 aromatic heterocycles. The molecule has 1 amide bonds. The minimum absolute atomic E-state index is 0.147. The van der Waals surface area contributed by atoms with Gasteiger partial charge in [0.25, 0.3) is 5.91 Å². The van der Waals surface area contributed by atoms with Crippen molar-refractivity contribution in [3.8, 4) is 5.75 Å². The summed E-state index contributed by atoms with van der Waals surface area (Å²) in [7, 11) is 0.0109. The molecule has 47 heavy (non-hydrogen) atoms. The Morgan fingerprint density at radius 1 is 0.979 bits per heavy atom. The van der Waals surface area contributed by atoms with Crippen molar-refractivity contribution in [2.24, 2.45) is 29.4 Å². The average Bonchev–Trinajstić information content (AvgIpc) is 3.25. The number of nitrogens with zero attached hydrogens (tertiary/aromatic N) is 1. The van der Waals surface area contributed by atoms with Gasteiger partial charge in [-0.2, -0.15) is 0 Å². The van der Waals surface area contributed by atoms with Gasteiger partial charge in [-0.3, -0.25) is 9.52 Å². The van der Waals surface area contributed by atoms with Crippen LogP contribution < -0.4 is 20.1 Å². The van der Waals surface area contributed by atoms with E-state index in [0.29, 0.717) is 29.9 Å². The topological polar surface area (TPSA) is 103 Å². The summed E-state index contributed by atoms with van der Waals surface area (Å²) < 4.78 is 35.1. The van der Waals surface area contributed by atoms with Crippen LogP contribution in [0.4, 0.5) is 5.69 Å². The van der Waals surface area contributed by atoms with Crippen molar-refractivity contribution in [2.75, 3.05) is 44.9 Å². The third-order valence-corrected chi connectivity index (χ3v) is 12.5. The molecule has 3 aliphatic heterocycles. The Hall–Kier alpha value is -2.17. The highest BCUT2D eigenvalue weighted by Gasteiger charge is 2.43. The second-order valence-corrected chi connectivity index (χ2v) is 15.6. The average molecular weight is 688 g/mol. The number of hydrogen-bond acceptors (Lipinski definition) is 7. The number of ether oxygens (including phenoxy) is 3. The van der Waals surface area contributed by atoms with E-state index in [-0.39, 0.29) is 29.3 Å². The zero-order chi connectivity index (χ0) is 33.5. The van der Waals surface area contributed by atoms with Gasteiger partial charge in [-0.05, 0) is 112 Å². The molecule has 1 aliphatic carbocycles. The van der Waals surface area contributed by atoms with E-state index in [1.165, 1.54) is 31.0 Å². The highest BCUT2D eigenvalue weighted by atomic mass is 35.5. The molecule has 2 aromatic carbocycles. The second-order valence-electron chi connectivity index (χ2n) is 13.7. The number of nitrogens with one attached hydrogen (secondary N) is 1. The second kappa shape index (κ2) is 17.0. The molecule has 2 aromatic rings. The third-order valence-electron chi connectivity index (χ3n) is 10.7. The lowest BCUT2D eigenvalue weighted by molar-refractivity contribution is -0.224. The number of halogens is 1.